The fourth-order valence-corrected chi connectivity index (χ4v) is 2.01. The second-order valence-corrected chi connectivity index (χ2v) is 3.96. The maximum atomic E-state index is 3.38. The lowest BCUT2D eigenvalue weighted by molar-refractivity contribution is -0.0600. The molecule has 14 heavy (non-hydrogen) atoms. The number of hydrazine groups is 1. The van der Waals surface area contributed by atoms with Gasteiger partial charge in [-0.15, -0.1) is 12.4 Å². The maximum absolute atomic E-state index is 3.38. The highest BCUT2D eigenvalue weighted by Gasteiger charge is 2.20. The smallest absolute Gasteiger partial charge is 0.0261 e. The second-order valence-electron chi connectivity index (χ2n) is 3.96. The number of halogens is 1. The summed E-state index contributed by atoms with van der Waals surface area (Å²) in [4.78, 5) is 2.40. The van der Waals surface area contributed by atoms with Gasteiger partial charge in [-0.3, -0.25) is 0 Å². The van der Waals surface area contributed by atoms with E-state index in [0.29, 0.717) is 0 Å². The molecule has 2 aliphatic rings. The van der Waals surface area contributed by atoms with Gasteiger partial charge in [0.15, 0.2) is 0 Å². The molecule has 1 N–H and O–H groups in total. The summed E-state index contributed by atoms with van der Waals surface area (Å²) in [5.41, 5.74) is 0. The van der Waals surface area contributed by atoms with Gasteiger partial charge in [0, 0.05) is 52.4 Å². The van der Waals surface area contributed by atoms with Crippen LogP contribution in [0.15, 0.2) is 0 Å². The zero-order chi connectivity index (χ0) is 9.10. The molecule has 2 rings (SSSR count). The number of rotatable bonds is 1. The molecule has 2 fully saturated rings. The summed E-state index contributed by atoms with van der Waals surface area (Å²) >= 11 is 0. The minimum Gasteiger partial charge on any atom is -0.314 e. The van der Waals surface area contributed by atoms with Crippen molar-refractivity contribution in [2.24, 2.45) is 0 Å². The third-order valence-corrected chi connectivity index (χ3v) is 2.97. The molecule has 0 saturated carbocycles. The average molecular weight is 221 g/mol. The van der Waals surface area contributed by atoms with E-state index in [1.54, 1.807) is 0 Å². The second kappa shape index (κ2) is 5.88. The van der Waals surface area contributed by atoms with Gasteiger partial charge in [-0.05, 0) is 7.05 Å². The van der Waals surface area contributed by atoms with E-state index in [4.69, 9.17) is 0 Å². The van der Waals surface area contributed by atoms with Crippen molar-refractivity contribution >= 4 is 12.4 Å². The van der Waals surface area contributed by atoms with E-state index in [-0.39, 0.29) is 12.4 Å². The highest BCUT2D eigenvalue weighted by molar-refractivity contribution is 5.85. The van der Waals surface area contributed by atoms with Crippen LogP contribution in [-0.2, 0) is 0 Å². The highest BCUT2D eigenvalue weighted by Crippen LogP contribution is 2.04. The predicted octanol–water partition coefficient (Wildman–Crippen LogP) is -0.524. The van der Waals surface area contributed by atoms with Gasteiger partial charge in [-0.2, -0.15) is 0 Å². The monoisotopic (exact) mass is 220 g/mol. The van der Waals surface area contributed by atoms with Crippen LogP contribution in [0.25, 0.3) is 0 Å². The van der Waals surface area contributed by atoms with Gasteiger partial charge in [-0.25, -0.2) is 10.0 Å². The van der Waals surface area contributed by atoms with Crippen LogP contribution in [-0.4, -0.2) is 74.3 Å². The van der Waals surface area contributed by atoms with Crippen LogP contribution in [0.1, 0.15) is 0 Å². The van der Waals surface area contributed by atoms with Crippen LogP contribution in [0.5, 0.6) is 0 Å². The first-order valence-electron chi connectivity index (χ1n) is 5.25. The Labute approximate surface area is 92.6 Å². The lowest BCUT2D eigenvalue weighted by Crippen LogP contribution is -2.57. The molecule has 0 spiro atoms. The molecule has 0 unspecified atom stereocenters. The van der Waals surface area contributed by atoms with Crippen molar-refractivity contribution in [3.63, 3.8) is 0 Å². The van der Waals surface area contributed by atoms with E-state index in [0.717, 1.165) is 13.1 Å². The van der Waals surface area contributed by atoms with Crippen LogP contribution in [0.2, 0.25) is 0 Å². The Morgan fingerprint density at radius 3 is 1.86 bits per heavy atom. The summed E-state index contributed by atoms with van der Waals surface area (Å²) in [6, 6.07) is 0. The van der Waals surface area contributed by atoms with Crippen molar-refractivity contribution in [2.75, 3.05) is 59.4 Å². The van der Waals surface area contributed by atoms with Crippen molar-refractivity contribution in [3.8, 4) is 0 Å². The molecule has 0 radical (unpaired) electrons. The molecule has 84 valence electrons. The topological polar surface area (TPSA) is 21.8 Å². The molecule has 0 aromatic rings. The minimum absolute atomic E-state index is 0. The van der Waals surface area contributed by atoms with Crippen LogP contribution in [0, 0.1) is 0 Å². The SMILES string of the molecule is CN1CCN(N2CCNCC2)CC1.Cl. The standard InChI is InChI=1S/C9H20N4.ClH/c1-11-6-8-13(9-7-11)12-4-2-10-3-5-12;/h10H,2-9H2,1H3;1H. The molecule has 0 aromatic heterocycles. The number of nitrogens with one attached hydrogen (secondary N) is 1. The number of nitrogens with zero attached hydrogens (tertiary/aromatic N) is 3. The molecule has 2 heterocycles. The van der Waals surface area contributed by atoms with Gasteiger partial charge in [0.1, 0.15) is 0 Å². The summed E-state index contributed by atoms with van der Waals surface area (Å²) in [5.74, 6) is 0. The van der Waals surface area contributed by atoms with E-state index >= 15 is 0 Å². The van der Waals surface area contributed by atoms with Crippen molar-refractivity contribution in [1.82, 2.24) is 20.2 Å². The van der Waals surface area contributed by atoms with Crippen molar-refractivity contribution in [1.29, 1.82) is 0 Å². The Bertz CT molecular complexity index is 153. The third kappa shape index (κ3) is 3.07. The number of likely N-dealkylation sites (N-methyl/N-ethyl adjacent to an activating group) is 1. The lowest BCUT2D eigenvalue weighted by atomic mass is 10.3. The summed E-state index contributed by atoms with van der Waals surface area (Å²) in [6.07, 6.45) is 0. The molecule has 0 aliphatic carbocycles. The first-order chi connectivity index (χ1) is 6.36. The zero-order valence-corrected chi connectivity index (χ0v) is 9.72. The summed E-state index contributed by atoms with van der Waals surface area (Å²) in [6.45, 7) is 9.49. The highest BCUT2D eigenvalue weighted by atomic mass is 35.5. The largest absolute Gasteiger partial charge is 0.314 e. The van der Waals surface area contributed by atoms with Crippen LogP contribution >= 0.6 is 12.4 Å². The van der Waals surface area contributed by atoms with E-state index in [9.17, 15) is 0 Å². The molecular weight excluding hydrogens is 200 g/mol. The van der Waals surface area contributed by atoms with Crippen LogP contribution < -0.4 is 5.32 Å². The van der Waals surface area contributed by atoms with Gasteiger partial charge in [0.05, 0.1) is 0 Å². The number of hydrogen-bond donors (Lipinski definition) is 1. The average Bonchev–Trinajstić information content (AvgIpc) is 2.20. The molecule has 0 bridgehead atoms. The zero-order valence-electron chi connectivity index (χ0n) is 8.91. The van der Waals surface area contributed by atoms with E-state index in [1.807, 2.05) is 0 Å². The van der Waals surface area contributed by atoms with Crippen molar-refractivity contribution in [2.45, 2.75) is 0 Å². The molecule has 0 amide bonds. The van der Waals surface area contributed by atoms with Crippen molar-refractivity contribution in [3.05, 3.63) is 0 Å². The van der Waals surface area contributed by atoms with Gasteiger partial charge < -0.3 is 10.2 Å². The molecule has 5 heteroatoms. The Morgan fingerprint density at radius 2 is 1.29 bits per heavy atom. The summed E-state index contributed by atoms with van der Waals surface area (Å²) < 4.78 is 0. The van der Waals surface area contributed by atoms with Crippen LogP contribution in [0.3, 0.4) is 0 Å². The fourth-order valence-electron chi connectivity index (χ4n) is 2.01. The quantitative estimate of drug-likeness (QED) is 0.642. The molecule has 2 saturated heterocycles. The van der Waals surface area contributed by atoms with E-state index in [1.165, 1.54) is 39.3 Å². The maximum Gasteiger partial charge on any atom is 0.0261 e. The molecule has 2 aliphatic heterocycles. The van der Waals surface area contributed by atoms with E-state index in [2.05, 4.69) is 27.3 Å². The first kappa shape index (κ1) is 12.2. The lowest BCUT2D eigenvalue weighted by Gasteiger charge is -2.41. The van der Waals surface area contributed by atoms with Crippen LogP contribution in [0.4, 0.5) is 0 Å². The third-order valence-electron chi connectivity index (χ3n) is 2.97. The van der Waals surface area contributed by atoms with Gasteiger partial charge in [0.2, 0.25) is 0 Å². The summed E-state index contributed by atoms with van der Waals surface area (Å²) in [5, 5.41) is 8.40. The first-order valence-corrected chi connectivity index (χ1v) is 5.25. The minimum atomic E-state index is 0. The number of piperazine rings is 2. The fraction of sp³-hybridized carbons (Fsp3) is 1.00. The Hall–Kier alpha value is 0.130. The molecular formula is C9H21ClN4. The van der Waals surface area contributed by atoms with Gasteiger partial charge in [0.25, 0.3) is 0 Å². The van der Waals surface area contributed by atoms with Crippen molar-refractivity contribution < 1.29 is 0 Å². The normalized spacial score (nSPS) is 27.2. The molecule has 0 atom stereocenters. The molecule has 0 aromatic carbocycles. The number of hydrogen-bond acceptors (Lipinski definition) is 4. The van der Waals surface area contributed by atoms with Gasteiger partial charge >= 0.3 is 0 Å². The Balaban J connectivity index is 0.000000980. The summed E-state index contributed by atoms with van der Waals surface area (Å²) in [7, 11) is 2.20. The molecule has 4 nitrogen and oxygen atoms in total. The Kier molecular flexibility index (Phi) is 5.12. The van der Waals surface area contributed by atoms with E-state index < -0.39 is 0 Å². The van der Waals surface area contributed by atoms with Gasteiger partial charge in [-0.1, -0.05) is 0 Å². The predicted molar refractivity (Wildman–Crippen MR) is 60.8 cm³/mol. The Morgan fingerprint density at radius 1 is 0.786 bits per heavy atom.